The number of carboxylic acids is 1. The van der Waals surface area contributed by atoms with Crippen molar-refractivity contribution in [1.29, 1.82) is 0 Å². The van der Waals surface area contributed by atoms with Crippen LogP contribution >= 0.6 is 11.6 Å². The number of carboxylic acid groups (broad SMARTS) is 1. The molecule has 8 nitrogen and oxygen atoms in total. The Hall–Kier alpha value is -2.78. The second-order valence-corrected chi connectivity index (χ2v) is 14.8. The van der Waals surface area contributed by atoms with Crippen LogP contribution in [0.1, 0.15) is 80.3 Å². The Kier molecular flexibility index (Phi) is 9.38. The molecule has 10 heteroatoms. The van der Waals surface area contributed by atoms with Crippen molar-refractivity contribution >= 4 is 39.2 Å². The van der Waals surface area contributed by atoms with Gasteiger partial charge in [0, 0.05) is 23.7 Å². The number of halogens is 1. The molecule has 0 unspecified atom stereocenters. The predicted molar refractivity (Wildman–Crippen MR) is 164 cm³/mol. The van der Waals surface area contributed by atoms with Gasteiger partial charge >= 0.3 is 5.97 Å². The Balaban J connectivity index is 1.54. The number of ether oxygens (including phenoxy) is 1. The zero-order valence-corrected chi connectivity index (χ0v) is 25.9. The lowest BCUT2D eigenvalue weighted by atomic mass is 9.65. The van der Waals surface area contributed by atoms with Crippen LogP contribution in [0, 0.1) is 23.7 Å². The molecule has 5 rings (SSSR count). The van der Waals surface area contributed by atoms with E-state index < -0.39 is 33.1 Å². The fourth-order valence-corrected chi connectivity index (χ4v) is 8.22. The highest BCUT2D eigenvalue weighted by molar-refractivity contribution is 7.90. The summed E-state index contributed by atoms with van der Waals surface area (Å²) in [6.07, 6.45) is 6.22. The molecule has 0 saturated heterocycles. The van der Waals surface area contributed by atoms with E-state index in [2.05, 4.69) is 9.62 Å². The third-order valence-electron chi connectivity index (χ3n) is 9.70. The fourth-order valence-electron chi connectivity index (χ4n) is 6.72. The molecule has 0 spiro atoms. The number of fused-ring (bicyclic) bond motifs is 3. The first-order valence-corrected chi connectivity index (χ1v) is 17.0. The maximum absolute atomic E-state index is 13.3. The number of aliphatic carboxylic acids is 1. The van der Waals surface area contributed by atoms with Gasteiger partial charge in [-0.1, -0.05) is 31.0 Å². The number of carbonyl (C=O) groups is 2. The van der Waals surface area contributed by atoms with Gasteiger partial charge in [0.05, 0.1) is 16.9 Å². The van der Waals surface area contributed by atoms with Crippen molar-refractivity contribution in [1.82, 2.24) is 4.72 Å². The highest BCUT2D eigenvalue weighted by Crippen LogP contribution is 2.44. The first-order valence-electron chi connectivity index (χ1n) is 15.1. The zero-order chi connectivity index (χ0) is 30.0. The molecule has 0 aromatic heterocycles. The Bertz CT molecular complexity index is 1430. The number of hydrogen-bond donors (Lipinski definition) is 2. The molecular weight excluding hydrogens is 576 g/mol. The van der Waals surface area contributed by atoms with Gasteiger partial charge in [-0.25, -0.2) is 13.1 Å². The van der Waals surface area contributed by atoms with E-state index in [1.54, 1.807) is 25.1 Å². The summed E-state index contributed by atoms with van der Waals surface area (Å²) >= 11 is 6.30. The van der Waals surface area contributed by atoms with Crippen LogP contribution in [0.3, 0.4) is 0 Å². The van der Waals surface area contributed by atoms with Crippen LogP contribution in [-0.4, -0.2) is 43.7 Å². The zero-order valence-electron chi connectivity index (χ0n) is 24.4. The standard InChI is InChI=1S/C32H41ClN2O6S/c1-20-6-5-8-28(32(37)38)27-13-10-24(27)18-35-15-4-3-7-22-16-26(33)12-9-25(22)19-41-30-14-11-23(17-29(30)35)31(36)34-42(39,40)21(20)2/h9,11-12,14,16-17,20-21,24,27-28H,3-8,10,13,15,18-19H2,1-2H3,(H,34,36)(H,37,38)/t20-,21+,24-,27+,28+/m0/s1. The molecule has 0 radical (unpaired) electrons. The van der Waals surface area contributed by atoms with Gasteiger partial charge in [0.25, 0.3) is 5.91 Å². The van der Waals surface area contributed by atoms with Gasteiger partial charge in [0.1, 0.15) is 12.4 Å². The van der Waals surface area contributed by atoms with Crippen molar-refractivity contribution in [3.8, 4) is 5.75 Å². The number of nitrogens with one attached hydrogen (secondary N) is 1. The summed E-state index contributed by atoms with van der Waals surface area (Å²) in [6.45, 7) is 5.14. The number of aryl methyl sites for hydroxylation is 1. The van der Waals surface area contributed by atoms with E-state index in [1.165, 1.54) is 0 Å². The van der Waals surface area contributed by atoms with Gasteiger partial charge < -0.3 is 14.7 Å². The topological polar surface area (TPSA) is 113 Å². The summed E-state index contributed by atoms with van der Waals surface area (Å²) in [6, 6.07) is 10.9. The van der Waals surface area contributed by atoms with Gasteiger partial charge in [0.15, 0.2) is 0 Å². The molecule has 1 saturated carbocycles. The van der Waals surface area contributed by atoms with Crippen molar-refractivity contribution in [2.24, 2.45) is 23.7 Å². The predicted octanol–water partition coefficient (Wildman–Crippen LogP) is 6.06. The van der Waals surface area contributed by atoms with Crippen molar-refractivity contribution in [3.05, 3.63) is 58.1 Å². The molecule has 1 fully saturated rings. The first kappa shape index (κ1) is 30.7. The van der Waals surface area contributed by atoms with Crippen LogP contribution in [0.4, 0.5) is 5.69 Å². The van der Waals surface area contributed by atoms with Crippen LogP contribution in [0.2, 0.25) is 5.02 Å². The maximum atomic E-state index is 13.3. The summed E-state index contributed by atoms with van der Waals surface area (Å²) in [4.78, 5) is 27.9. The summed E-state index contributed by atoms with van der Waals surface area (Å²) in [5.41, 5.74) is 3.17. The number of anilines is 1. The molecular formula is C32H41ClN2O6S. The molecule has 2 aromatic rings. The van der Waals surface area contributed by atoms with E-state index in [9.17, 15) is 23.1 Å². The SMILES string of the molecule is C[C@@H]1[C@@H](C)CCC[C@@H](C(=O)O)[C@@H]2CC[C@H]2CN2CCCCc3cc(Cl)ccc3COc3ccc(cc32)C(=O)NS1(=O)=O. The lowest BCUT2D eigenvalue weighted by Gasteiger charge is -2.44. The van der Waals surface area contributed by atoms with Gasteiger partial charge in [-0.3, -0.25) is 9.59 Å². The molecule has 2 aromatic carbocycles. The first-order chi connectivity index (χ1) is 20.0. The maximum Gasteiger partial charge on any atom is 0.306 e. The lowest BCUT2D eigenvalue weighted by Crippen LogP contribution is -2.44. The van der Waals surface area contributed by atoms with Crippen molar-refractivity contribution in [2.75, 3.05) is 18.0 Å². The Morgan fingerprint density at radius 3 is 2.57 bits per heavy atom. The van der Waals surface area contributed by atoms with Gasteiger partial charge in [-0.05, 0) is 111 Å². The third kappa shape index (κ3) is 6.72. The molecule has 2 bridgehead atoms. The number of sulfonamides is 1. The van der Waals surface area contributed by atoms with Crippen LogP contribution in [-0.2, 0) is 27.8 Å². The molecule has 1 aliphatic carbocycles. The molecule has 5 atom stereocenters. The molecule has 3 aliphatic rings. The Morgan fingerprint density at radius 2 is 1.83 bits per heavy atom. The minimum absolute atomic E-state index is 0.0623. The average molecular weight is 617 g/mol. The number of benzene rings is 2. The van der Waals surface area contributed by atoms with E-state index >= 15 is 0 Å². The van der Waals surface area contributed by atoms with E-state index in [0.717, 1.165) is 48.9 Å². The third-order valence-corrected chi connectivity index (χ3v) is 11.9. The minimum atomic E-state index is -3.95. The van der Waals surface area contributed by atoms with Crippen molar-refractivity contribution in [3.63, 3.8) is 0 Å². The minimum Gasteiger partial charge on any atom is -0.487 e. The molecule has 42 heavy (non-hydrogen) atoms. The van der Waals surface area contributed by atoms with Crippen LogP contribution in [0.5, 0.6) is 5.75 Å². The number of carbonyl (C=O) groups excluding carboxylic acids is 1. The quantitative estimate of drug-likeness (QED) is 0.401. The van der Waals surface area contributed by atoms with E-state index in [1.807, 2.05) is 25.1 Å². The smallest absolute Gasteiger partial charge is 0.306 e. The second kappa shape index (κ2) is 12.8. The molecule has 2 heterocycles. The molecule has 228 valence electrons. The van der Waals surface area contributed by atoms with Crippen LogP contribution in [0.15, 0.2) is 36.4 Å². The highest BCUT2D eigenvalue weighted by atomic mass is 35.5. The van der Waals surface area contributed by atoms with Gasteiger partial charge in [-0.2, -0.15) is 0 Å². The fraction of sp³-hybridized carbons (Fsp3) is 0.562. The second-order valence-electron chi connectivity index (χ2n) is 12.3. The Morgan fingerprint density at radius 1 is 1.02 bits per heavy atom. The normalized spacial score (nSPS) is 28.5. The summed E-state index contributed by atoms with van der Waals surface area (Å²) in [7, 11) is -3.95. The lowest BCUT2D eigenvalue weighted by molar-refractivity contribution is -0.146. The highest BCUT2D eigenvalue weighted by Gasteiger charge is 2.41. The average Bonchev–Trinajstić information content (AvgIpc) is 2.96. The number of rotatable bonds is 1. The summed E-state index contributed by atoms with van der Waals surface area (Å²) < 4.78 is 35.0. The molecule has 2 aliphatic heterocycles. The van der Waals surface area contributed by atoms with Gasteiger partial charge in [-0.15, -0.1) is 0 Å². The summed E-state index contributed by atoms with van der Waals surface area (Å²) in [5.74, 6) is -1.25. The molecule has 2 N–H and O–H groups in total. The number of amides is 1. The van der Waals surface area contributed by atoms with Gasteiger partial charge in [0.2, 0.25) is 10.0 Å². The van der Waals surface area contributed by atoms with Crippen molar-refractivity contribution < 1.29 is 27.9 Å². The van der Waals surface area contributed by atoms with E-state index in [0.29, 0.717) is 49.7 Å². The largest absolute Gasteiger partial charge is 0.487 e. The van der Waals surface area contributed by atoms with E-state index in [-0.39, 0.29) is 23.3 Å². The van der Waals surface area contributed by atoms with Crippen LogP contribution in [0.25, 0.3) is 0 Å². The van der Waals surface area contributed by atoms with E-state index in [4.69, 9.17) is 16.3 Å². The van der Waals surface area contributed by atoms with Crippen LogP contribution < -0.4 is 14.4 Å². The number of nitrogens with zero attached hydrogens (tertiary/aromatic N) is 1. The summed E-state index contributed by atoms with van der Waals surface area (Å²) in [5, 5.41) is 10.1. The monoisotopic (exact) mass is 616 g/mol. The Labute approximate surface area is 253 Å². The number of hydrogen-bond acceptors (Lipinski definition) is 6. The van der Waals surface area contributed by atoms with Crippen molar-refractivity contribution in [2.45, 2.75) is 77.1 Å². The molecule has 1 amide bonds.